The largest absolute Gasteiger partial charge is 0.310 e. The number of fused-ring (bicyclic) bond motifs is 4. The summed E-state index contributed by atoms with van der Waals surface area (Å²) in [4.78, 5) is 6.01. The Labute approximate surface area is 389 Å². The number of hydrogen-bond acceptors (Lipinski definition) is 3. The van der Waals surface area contributed by atoms with Crippen LogP contribution in [0, 0.1) is 0 Å². The average Bonchev–Trinajstić information content (AvgIpc) is 3.94. The van der Waals surface area contributed by atoms with Crippen molar-refractivity contribution < 1.29 is 0 Å². The molecule has 66 heavy (non-hydrogen) atoms. The van der Waals surface area contributed by atoms with Crippen molar-refractivity contribution in [3.63, 3.8) is 0 Å². The zero-order valence-electron chi connectivity index (χ0n) is 36.1. The van der Waals surface area contributed by atoms with Crippen LogP contribution in [0.25, 0.3) is 70.3 Å². The summed E-state index contributed by atoms with van der Waals surface area (Å²) in [6, 6.07) is 94.2. The molecule has 0 saturated heterocycles. The van der Waals surface area contributed by atoms with E-state index >= 15 is 0 Å². The maximum Gasteiger partial charge on any atom is 0.0561 e. The van der Waals surface area contributed by atoms with Gasteiger partial charge in [-0.1, -0.05) is 164 Å². The van der Waals surface area contributed by atoms with Gasteiger partial charge in [0.15, 0.2) is 0 Å². The van der Waals surface area contributed by atoms with Crippen molar-refractivity contribution in [3.05, 3.63) is 261 Å². The minimum Gasteiger partial charge on any atom is -0.310 e. The third-order valence-corrected chi connectivity index (χ3v) is 13.8. The van der Waals surface area contributed by atoms with Crippen LogP contribution in [0.4, 0.5) is 34.1 Å². The number of hydrogen-bond donors (Lipinski definition) is 0. The molecule has 4 heteroatoms. The molecule has 0 aliphatic heterocycles. The van der Waals surface area contributed by atoms with Crippen LogP contribution in [0.5, 0.6) is 0 Å². The molecular weight excluding hydrogens is 819 g/mol. The van der Waals surface area contributed by atoms with Gasteiger partial charge >= 0.3 is 0 Å². The monoisotopic (exact) mass is 861 g/mol. The van der Waals surface area contributed by atoms with Gasteiger partial charge in [-0.05, 0) is 119 Å². The summed E-state index contributed by atoms with van der Waals surface area (Å²) in [7, 11) is 0. The van der Waals surface area contributed by atoms with E-state index in [9.17, 15) is 0 Å². The lowest BCUT2D eigenvalue weighted by Gasteiger charge is -2.26. The molecule has 12 aromatic rings. The van der Waals surface area contributed by atoms with E-state index in [1.807, 2.05) is 11.3 Å². The number of aromatic nitrogens is 1. The standard InChI is InChI=1S/C62H43N3S/c1-6-18-44(19-7-1)45-30-32-50(33-31-45)64(53-39-41-60-57(42-53)61(46-20-8-2-9-21-46)62(66-60)47-22-10-3-11-23-47)51-34-36-52(37-35-51)65-58-29-17-16-28-55(58)56-40-38-54(43-59(56)65)63(48-24-12-4-13-25-48)49-26-14-5-15-27-49/h1-43H. The molecule has 0 spiro atoms. The SMILES string of the molecule is c1ccc(-c2ccc(N(c3ccc(-n4c5ccccc5c5ccc(N(c6ccccc6)c6ccccc6)cc54)cc3)c3ccc4sc(-c5ccccc5)c(-c5ccccc5)c4c3)cc2)cc1. The Morgan fingerprint density at radius 3 is 1.35 bits per heavy atom. The van der Waals surface area contributed by atoms with Crippen LogP contribution in [0.15, 0.2) is 261 Å². The Kier molecular flexibility index (Phi) is 10.0. The maximum absolute atomic E-state index is 2.42. The number of benzene rings is 10. The van der Waals surface area contributed by atoms with Gasteiger partial charge in [0, 0.05) is 71.1 Å². The van der Waals surface area contributed by atoms with Crippen LogP contribution >= 0.6 is 11.3 Å². The number of nitrogens with zero attached hydrogens (tertiary/aromatic N) is 3. The zero-order valence-corrected chi connectivity index (χ0v) is 36.9. The zero-order chi connectivity index (χ0) is 43.8. The first-order chi connectivity index (χ1) is 32.7. The Morgan fingerprint density at radius 2 is 0.727 bits per heavy atom. The van der Waals surface area contributed by atoms with E-state index in [1.54, 1.807) is 0 Å². The second-order valence-corrected chi connectivity index (χ2v) is 17.6. The molecule has 0 atom stereocenters. The smallest absolute Gasteiger partial charge is 0.0561 e. The molecule has 0 unspecified atom stereocenters. The van der Waals surface area contributed by atoms with Crippen molar-refractivity contribution in [2.45, 2.75) is 0 Å². The van der Waals surface area contributed by atoms with Gasteiger partial charge in [0.2, 0.25) is 0 Å². The lowest BCUT2D eigenvalue weighted by Crippen LogP contribution is -2.10. The summed E-state index contributed by atoms with van der Waals surface area (Å²) >= 11 is 1.86. The van der Waals surface area contributed by atoms with Gasteiger partial charge in [-0.2, -0.15) is 0 Å². The van der Waals surface area contributed by atoms with Crippen LogP contribution in [0.3, 0.4) is 0 Å². The minimum absolute atomic E-state index is 1.08. The molecule has 2 aromatic heterocycles. The lowest BCUT2D eigenvalue weighted by atomic mass is 9.98. The summed E-state index contributed by atoms with van der Waals surface area (Å²) in [5, 5.41) is 3.68. The summed E-state index contributed by atoms with van der Waals surface area (Å²) in [5.74, 6) is 0. The maximum atomic E-state index is 2.42. The van der Waals surface area contributed by atoms with Crippen LogP contribution in [0.1, 0.15) is 0 Å². The predicted octanol–water partition coefficient (Wildman–Crippen LogP) is 17.9. The molecule has 0 saturated carbocycles. The van der Waals surface area contributed by atoms with E-state index in [-0.39, 0.29) is 0 Å². The minimum atomic E-state index is 1.08. The van der Waals surface area contributed by atoms with E-state index in [1.165, 1.54) is 59.1 Å². The first-order valence-corrected chi connectivity index (χ1v) is 23.2. The highest BCUT2D eigenvalue weighted by Gasteiger charge is 2.21. The topological polar surface area (TPSA) is 11.4 Å². The normalized spacial score (nSPS) is 11.3. The first-order valence-electron chi connectivity index (χ1n) is 22.4. The Bertz CT molecular complexity index is 3560. The van der Waals surface area contributed by atoms with E-state index < -0.39 is 0 Å². The van der Waals surface area contributed by atoms with Gasteiger partial charge in [0.25, 0.3) is 0 Å². The van der Waals surface area contributed by atoms with Crippen molar-refractivity contribution in [2.75, 3.05) is 9.80 Å². The highest BCUT2D eigenvalue weighted by Crippen LogP contribution is 2.48. The molecule has 12 rings (SSSR count). The van der Waals surface area contributed by atoms with Gasteiger partial charge in [0.05, 0.1) is 11.0 Å². The van der Waals surface area contributed by atoms with Gasteiger partial charge in [-0.3, -0.25) is 0 Å². The summed E-state index contributed by atoms with van der Waals surface area (Å²) in [6.45, 7) is 0. The lowest BCUT2D eigenvalue weighted by molar-refractivity contribution is 1.17. The van der Waals surface area contributed by atoms with E-state index in [0.717, 1.165) is 45.3 Å². The fraction of sp³-hybridized carbons (Fsp3) is 0. The molecule has 0 fully saturated rings. The predicted molar refractivity (Wildman–Crippen MR) is 282 cm³/mol. The van der Waals surface area contributed by atoms with E-state index in [4.69, 9.17) is 0 Å². The molecule has 0 bridgehead atoms. The Balaban J connectivity index is 1.01. The van der Waals surface area contributed by atoms with Crippen LogP contribution < -0.4 is 9.80 Å². The molecular formula is C62H43N3S. The molecule has 0 N–H and O–H groups in total. The van der Waals surface area contributed by atoms with E-state index in [0.29, 0.717) is 0 Å². The van der Waals surface area contributed by atoms with Gasteiger partial charge in [-0.15, -0.1) is 11.3 Å². The van der Waals surface area contributed by atoms with Crippen molar-refractivity contribution in [2.24, 2.45) is 0 Å². The molecule has 3 nitrogen and oxygen atoms in total. The summed E-state index contributed by atoms with van der Waals surface area (Å²) in [5.41, 5.74) is 16.1. The molecule has 0 aliphatic carbocycles. The molecule has 312 valence electrons. The average molecular weight is 862 g/mol. The number of thiophene rings is 1. The molecule has 0 radical (unpaired) electrons. The number of anilines is 6. The van der Waals surface area contributed by atoms with Gasteiger partial charge < -0.3 is 14.4 Å². The third-order valence-electron chi connectivity index (χ3n) is 12.6. The molecule has 10 aromatic carbocycles. The fourth-order valence-corrected chi connectivity index (χ4v) is 10.7. The number of para-hydroxylation sites is 3. The van der Waals surface area contributed by atoms with Crippen molar-refractivity contribution in [3.8, 4) is 38.4 Å². The quantitative estimate of drug-likeness (QED) is 0.136. The molecule has 0 aliphatic rings. The third kappa shape index (κ3) is 7.11. The van der Waals surface area contributed by atoms with Gasteiger partial charge in [0.1, 0.15) is 0 Å². The Hall–Kier alpha value is -8.44. The van der Waals surface area contributed by atoms with Crippen molar-refractivity contribution >= 4 is 77.4 Å². The summed E-state index contributed by atoms with van der Waals surface area (Å²) < 4.78 is 3.68. The van der Waals surface area contributed by atoms with Crippen LogP contribution in [-0.2, 0) is 0 Å². The van der Waals surface area contributed by atoms with Crippen molar-refractivity contribution in [1.82, 2.24) is 4.57 Å². The van der Waals surface area contributed by atoms with Crippen molar-refractivity contribution in [1.29, 1.82) is 0 Å². The highest BCUT2D eigenvalue weighted by molar-refractivity contribution is 7.23. The molecule has 0 amide bonds. The fourth-order valence-electron chi connectivity index (χ4n) is 9.52. The van der Waals surface area contributed by atoms with Crippen LogP contribution in [-0.4, -0.2) is 4.57 Å². The van der Waals surface area contributed by atoms with Gasteiger partial charge in [-0.25, -0.2) is 0 Å². The van der Waals surface area contributed by atoms with Crippen LogP contribution in [0.2, 0.25) is 0 Å². The Morgan fingerprint density at radius 1 is 0.288 bits per heavy atom. The number of rotatable bonds is 10. The van der Waals surface area contributed by atoms with E-state index in [2.05, 4.69) is 275 Å². The second-order valence-electron chi connectivity index (χ2n) is 16.5. The highest BCUT2D eigenvalue weighted by atomic mass is 32.1. The second kappa shape index (κ2) is 16.9. The summed E-state index contributed by atoms with van der Waals surface area (Å²) in [6.07, 6.45) is 0. The first kappa shape index (κ1) is 39.2. The molecule has 2 heterocycles.